The molecule has 1 unspecified atom stereocenters. The largest absolute Gasteiger partial charge is 0.351 e. The van der Waals surface area contributed by atoms with Gasteiger partial charge in [-0.3, -0.25) is 4.79 Å². The summed E-state index contributed by atoms with van der Waals surface area (Å²) in [6.07, 6.45) is 0.293. The van der Waals surface area contributed by atoms with Crippen LogP contribution in [0.1, 0.15) is 11.1 Å². The van der Waals surface area contributed by atoms with E-state index in [-0.39, 0.29) is 11.7 Å². The van der Waals surface area contributed by atoms with Gasteiger partial charge >= 0.3 is 0 Å². The summed E-state index contributed by atoms with van der Waals surface area (Å²) in [7, 11) is 0. The van der Waals surface area contributed by atoms with Gasteiger partial charge in [-0.05, 0) is 29.7 Å². The summed E-state index contributed by atoms with van der Waals surface area (Å²) >= 11 is 9.32. The van der Waals surface area contributed by atoms with Gasteiger partial charge in [0.25, 0.3) is 0 Å². The fourth-order valence-electron chi connectivity index (χ4n) is 1.88. The molecule has 0 saturated heterocycles. The molecule has 21 heavy (non-hydrogen) atoms. The highest BCUT2D eigenvalue weighted by molar-refractivity contribution is 9.10. The van der Waals surface area contributed by atoms with E-state index >= 15 is 0 Å². The number of alkyl halides is 1. The van der Waals surface area contributed by atoms with Crippen molar-refractivity contribution in [2.24, 2.45) is 0 Å². The molecule has 0 heterocycles. The molecule has 2 aromatic carbocycles. The van der Waals surface area contributed by atoms with Gasteiger partial charge < -0.3 is 5.32 Å². The van der Waals surface area contributed by atoms with Crippen molar-refractivity contribution in [1.29, 1.82) is 0 Å². The Bertz CT molecular complexity index is 635. The summed E-state index contributed by atoms with van der Waals surface area (Å²) < 4.78 is 13.5. The van der Waals surface area contributed by atoms with E-state index < -0.39 is 4.83 Å². The monoisotopic (exact) mass is 369 g/mol. The van der Waals surface area contributed by atoms with Gasteiger partial charge in [0, 0.05) is 11.6 Å². The minimum Gasteiger partial charge on any atom is -0.351 e. The van der Waals surface area contributed by atoms with E-state index in [1.54, 1.807) is 24.3 Å². The van der Waals surface area contributed by atoms with E-state index in [1.807, 2.05) is 18.2 Å². The first kappa shape index (κ1) is 16.0. The predicted molar refractivity (Wildman–Crippen MR) is 86.1 cm³/mol. The zero-order valence-electron chi connectivity index (χ0n) is 11.2. The Morgan fingerprint density at radius 2 is 1.76 bits per heavy atom. The van der Waals surface area contributed by atoms with Crippen LogP contribution in [0.3, 0.4) is 0 Å². The third-order valence-corrected chi connectivity index (χ3v) is 4.16. The Labute approximate surface area is 136 Å². The van der Waals surface area contributed by atoms with Crippen LogP contribution in [0, 0.1) is 5.82 Å². The Hall–Kier alpha value is -1.39. The molecular formula is C16H14BrClFNO. The summed E-state index contributed by atoms with van der Waals surface area (Å²) in [6, 6.07) is 13.7. The van der Waals surface area contributed by atoms with Crippen LogP contribution in [0.5, 0.6) is 0 Å². The summed E-state index contributed by atoms with van der Waals surface area (Å²) in [4.78, 5) is 11.5. The highest BCUT2D eigenvalue weighted by Crippen LogP contribution is 2.16. The van der Waals surface area contributed by atoms with Crippen LogP contribution in [0.15, 0.2) is 48.5 Å². The van der Waals surface area contributed by atoms with Crippen LogP contribution in [0.2, 0.25) is 5.02 Å². The molecule has 0 aromatic heterocycles. The summed E-state index contributed by atoms with van der Waals surface area (Å²) in [5.41, 5.74) is 1.35. The molecule has 0 aliphatic carbocycles. The van der Waals surface area contributed by atoms with Crippen molar-refractivity contribution < 1.29 is 9.18 Å². The second-order valence-corrected chi connectivity index (χ2v) is 6.08. The average molecular weight is 371 g/mol. The minimum atomic E-state index is -0.489. The molecule has 0 aliphatic rings. The maximum atomic E-state index is 13.5. The lowest BCUT2D eigenvalue weighted by Crippen LogP contribution is -2.32. The van der Waals surface area contributed by atoms with E-state index in [1.165, 1.54) is 6.07 Å². The molecule has 0 bridgehead atoms. The number of nitrogens with one attached hydrogen (secondary N) is 1. The first-order chi connectivity index (χ1) is 10.1. The second kappa shape index (κ2) is 7.57. The van der Waals surface area contributed by atoms with Crippen molar-refractivity contribution in [3.8, 4) is 0 Å². The molecule has 0 aliphatic heterocycles. The third kappa shape index (κ3) is 4.55. The third-order valence-electron chi connectivity index (χ3n) is 3.05. The van der Waals surface area contributed by atoms with Crippen molar-refractivity contribution in [2.45, 2.75) is 17.8 Å². The molecular weight excluding hydrogens is 357 g/mol. The predicted octanol–water partition coefficient (Wildman–Crippen LogP) is 4.10. The van der Waals surface area contributed by atoms with Gasteiger partial charge in [-0.2, -0.15) is 0 Å². The molecule has 0 radical (unpaired) electrons. The van der Waals surface area contributed by atoms with Gasteiger partial charge in [0.2, 0.25) is 5.91 Å². The minimum absolute atomic E-state index is 0.196. The molecule has 0 spiro atoms. The smallest absolute Gasteiger partial charge is 0.234 e. The number of hydrogen-bond donors (Lipinski definition) is 1. The Morgan fingerprint density at radius 3 is 2.43 bits per heavy atom. The van der Waals surface area contributed by atoms with Gasteiger partial charge in [-0.15, -0.1) is 0 Å². The lowest BCUT2D eigenvalue weighted by atomic mass is 10.1. The highest BCUT2D eigenvalue weighted by atomic mass is 79.9. The maximum Gasteiger partial charge on any atom is 0.234 e. The number of rotatable bonds is 5. The number of benzene rings is 2. The van der Waals surface area contributed by atoms with Crippen LogP contribution >= 0.6 is 27.5 Å². The van der Waals surface area contributed by atoms with E-state index in [4.69, 9.17) is 11.6 Å². The van der Waals surface area contributed by atoms with Crippen molar-refractivity contribution >= 4 is 33.4 Å². The number of carbonyl (C=O) groups is 1. The molecule has 0 saturated carbocycles. The number of carbonyl (C=O) groups excluding carboxylic acids is 1. The average Bonchev–Trinajstić information content (AvgIpc) is 2.48. The molecule has 0 fully saturated rings. The SMILES string of the molecule is O=C(NCc1ccccc1Cl)C(Br)Cc1ccccc1F. The van der Waals surface area contributed by atoms with Crippen LogP contribution in [0.4, 0.5) is 4.39 Å². The fourth-order valence-corrected chi connectivity index (χ4v) is 2.60. The topological polar surface area (TPSA) is 29.1 Å². The lowest BCUT2D eigenvalue weighted by molar-refractivity contribution is -0.120. The lowest BCUT2D eigenvalue weighted by Gasteiger charge is -2.12. The molecule has 2 aromatic rings. The van der Waals surface area contributed by atoms with Crippen LogP contribution in [0.25, 0.3) is 0 Å². The van der Waals surface area contributed by atoms with Gasteiger partial charge in [0.15, 0.2) is 0 Å². The molecule has 1 N–H and O–H groups in total. The number of hydrogen-bond acceptors (Lipinski definition) is 1. The van der Waals surface area contributed by atoms with E-state index in [0.717, 1.165) is 5.56 Å². The maximum absolute atomic E-state index is 13.5. The second-order valence-electron chi connectivity index (χ2n) is 4.57. The zero-order chi connectivity index (χ0) is 15.2. The van der Waals surface area contributed by atoms with Gasteiger partial charge in [-0.1, -0.05) is 63.9 Å². The van der Waals surface area contributed by atoms with Crippen molar-refractivity contribution in [1.82, 2.24) is 5.32 Å². The Balaban J connectivity index is 1.91. The first-order valence-corrected chi connectivity index (χ1v) is 7.76. The van der Waals surface area contributed by atoms with Gasteiger partial charge in [-0.25, -0.2) is 4.39 Å². The number of halogens is 3. The summed E-state index contributed by atoms with van der Waals surface area (Å²) in [5.74, 6) is -0.501. The highest BCUT2D eigenvalue weighted by Gasteiger charge is 2.17. The van der Waals surface area contributed by atoms with Gasteiger partial charge in [0.1, 0.15) is 5.82 Å². The molecule has 2 nitrogen and oxygen atoms in total. The van der Waals surface area contributed by atoms with Gasteiger partial charge in [0.05, 0.1) is 4.83 Å². The quantitative estimate of drug-likeness (QED) is 0.789. The zero-order valence-corrected chi connectivity index (χ0v) is 13.5. The van der Waals surface area contributed by atoms with Crippen LogP contribution in [-0.4, -0.2) is 10.7 Å². The molecule has 1 atom stereocenters. The first-order valence-electron chi connectivity index (χ1n) is 6.46. The standard InChI is InChI=1S/C16H14BrClFNO/c17-13(9-11-5-2-4-8-15(11)19)16(21)20-10-12-6-1-3-7-14(12)18/h1-8,13H,9-10H2,(H,20,21). The molecule has 5 heteroatoms. The number of amides is 1. The molecule has 2 rings (SSSR count). The normalized spacial score (nSPS) is 12.0. The van der Waals surface area contributed by atoms with Crippen LogP contribution < -0.4 is 5.32 Å². The van der Waals surface area contributed by atoms with Crippen LogP contribution in [-0.2, 0) is 17.8 Å². The van der Waals surface area contributed by atoms with E-state index in [9.17, 15) is 9.18 Å². The molecule has 110 valence electrons. The molecule has 1 amide bonds. The Morgan fingerprint density at radius 1 is 1.14 bits per heavy atom. The van der Waals surface area contributed by atoms with Crippen molar-refractivity contribution in [3.05, 3.63) is 70.5 Å². The summed E-state index contributed by atoms with van der Waals surface area (Å²) in [6.45, 7) is 0.345. The van der Waals surface area contributed by atoms with Crippen molar-refractivity contribution in [3.63, 3.8) is 0 Å². The van der Waals surface area contributed by atoms with E-state index in [0.29, 0.717) is 23.6 Å². The van der Waals surface area contributed by atoms with E-state index in [2.05, 4.69) is 21.2 Å². The van der Waals surface area contributed by atoms with Crippen molar-refractivity contribution in [2.75, 3.05) is 0 Å². The summed E-state index contributed by atoms with van der Waals surface area (Å²) in [5, 5.41) is 3.40. The fraction of sp³-hybridized carbons (Fsp3) is 0.188. The Kier molecular flexibility index (Phi) is 5.76.